The largest absolute Gasteiger partial charge is 0.368 e. The number of amides is 1. The zero-order valence-electron chi connectivity index (χ0n) is 13.3. The lowest BCUT2D eigenvalue weighted by Crippen LogP contribution is -2.59. The lowest BCUT2D eigenvalue weighted by Gasteiger charge is -2.39. The zero-order chi connectivity index (χ0) is 16.4. The summed E-state index contributed by atoms with van der Waals surface area (Å²) in [6.07, 6.45) is 0. The minimum Gasteiger partial charge on any atom is -0.368 e. The summed E-state index contributed by atoms with van der Waals surface area (Å²) in [5.74, 6) is 0.213. The van der Waals surface area contributed by atoms with Crippen LogP contribution in [0.2, 0.25) is 10.0 Å². The van der Waals surface area contributed by atoms with Crippen LogP contribution in [0.3, 0.4) is 0 Å². The summed E-state index contributed by atoms with van der Waals surface area (Å²) < 4.78 is 0. The molecule has 0 aliphatic carbocycles. The molecule has 0 spiro atoms. The third-order valence-electron chi connectivity index (χ3n) is 4.54. The van der Waals surface area contributed by atoms with E-state index in [0.717, 1.165) is 51.5 Å². The average molecular weight is 357 g/mol. The van der Waals surface area contributed by atoms with Gasteiger partial charge in [-0.3, -0.25) is 4.79 Å². The van der Waals surface area contributed by atoms with Gasteiger partial charge in [0.25, 0.3) is 0 Å². The number of benzene rings is 1. The predicted octanol–water partition coefficient (Wildman–Crippen LogP) is 1.55. The molecule has 2 fully saturated rings. The third kappa shape index (κ3) is 3.91. The van der Waals surface area contributed by atoms with Crippen molar-refractivity contribution >= 4 is 34.8 Å². The highest BCUT2D eigenvalue weighted by molar-refractivity contribution is 6.42. The molecular formula is C16H22Cl2N4O. The van der Waals surface area contributed by atoms with Crippen LogP contribution < -0.4 is 10.2 Å². The number of hydrogen-bond donors (Lipinski definition) is 1. The molecule has 1 N–H and O–H groups in total. The van der Waals surface area contributed by atoms with Crippen LogP contribution in [0.4, 0.5) is 5.69 Å². The molecule has 2 saturated heterocycles. The Morgan fingerprint density at radius 1 is 1.13 bits per heavy atom. The van der Waals surface area contributed by atoms with Crippen LogP contribution in [-0.4, -0.2) is 74.6 Å². The first-order chi connectivity index (χ1) is 11.0. The Kier molecular flexibility index (Phi) is 5.31. The molecule has 1 aromatic rings. The standard InChI is InChI=1S/C16H22Cl2N4O/c1-20-5-4-19-15(11-20)16(23)22-8-6-21(7-9-22)12-2-3-13(17)14(18)10-12/h2-3,10,15,19H,4-9,11H2,1H3/t15-/m1/s1. The Bertz CT molecular complexity index is 575. The first kappa shape index (κ1) is 16.8. The molecule has 0 aromatic heterocycles. The molecular weight excluding hydrogens is 335 g/mol. The summed E-state index contributed by atoms with van der Waals surface area (Å²) in [6, 6.07) is 5.60. The molecule has 3 rings (SSSR count). The van der Waals surface area contributed by atoms with E-state index in [2.05, 4.69) is 22.2 Å². The Morgan fingerprint density at radius 3 is 2.52 bits per heavy atom. The van der Waals surface area contributed by atoms with Crippen molar-refractivity contribution in [3.8, 4) is 0 Å². The molecule has 2 aliphatic rings. The van der Waals surface area contributed by atoms with E-state index in [1.165, 1.54) is 0 Å². The number of carbonyl (C=O) groups is 1. The van der Waals surface area contributed by atoms with Crippen molar-refractivity contribution in [1.29, 1.82) is 0 Å². The number of nitrogens with zero attached hydrogens (tertiary/aromatic N) is 3. The molecule has 126 valence electrons. The maximum atomic E-state index is 12.6. The van der Waals surface area contributed by atoms with E-state index in [1.54, 1.807) is 0 Å². The molecule has 2 aliphatic heterocycles. The minimum absolute atomic E-state index is 0.0784. The van der Waals surface area contributed by atoms with Crippen LogP contribution >= 0.6 is 23.2 Å². The lowest BCUT2D eigenvalue weighted by atomic mass is 10.1. The molecule has 1 amide bonds. The van der Waals surface area contributed by atoms with Gasteiger partial charge in [0.15, 0.2) is 0 Å². The van der Waals surface area contributed by atoms with Crippen LogP contribution in [0, 0.1) is 0 Å². The summed E-state index contributed by atoms with van der Waals surface area (Å²) in [6.45, 7) is 5.75. The van der Waals surface area contributed by atoms with Crippen LogP contribution in [0.5, 0.6) is 0 Å². The number of nitrogens with one attached hydrogen (secondary N) is 1. The molecule has 2 heterocycles. The summed E-state index contributed by atoms with van der Waals surface area (Å²) in [5, 5.41) is 4.46. The van der Waals surface area contributed by atoms with Crippen molar-refractivity contribution in [2.24, 2.45) is 0 Å². The monoisotopic (exact) mass is 356 g/mol. The van der Waals surface area contributed by atoms with Gasteiger partial charge in [-0.2, -0.15) is 0 Å². The van der Waals surface area contributed by atoms with Crippen molar-refractivity contribution in [1.82, 2.24) is 15.1 Å². The Labute approximate surface area is 147 Å². The highest BCUT2D eigenvalue weighted by Crippen LogP contribution is 2.27. The number of rotatable bonds is 2. The second kappa shape index (κ2) is 7.26. The van der Waals surface area contributed by atoms with Gasteiger partial charge in [-0.1, -0.05) is 23.2 Å². The maximum absolute atomic E-state index is 12.6. The fraction of sp³-hybridized carbons (Fsp3) is 0.562. The SMILES string of the molecule is CN1CCN[C@@H](C(=O)N2CCN(c3ccc(Cl)c(Cl)c3)CC2)C1. The van der Waals surface area contributed by atoms with E-state index < -0.39 is 0 Å². The zero-order valence-corrected chi connectivity index (χ0v) is 14.8. The van der Waals surface area contributed by atoms with Gasteiger partial charge < -0.3 is 20.0 Å². The first-order valence-electron chi connectivity index (χ1n) is 7.95. The van der Waals surface area contributed by atoms with E-state index in [4.69, 9.17) is 23.2 Å². The van der Waals surface area contributed by atoms with Crippen molar-refractivity contribution in [2.75, 3.05) is 57.8 Å². The fourth-order valence-corrected chi connectivity index (χ4v) is 3.44. The lowest BCUT2D eigenvalue weighted by molar-refractivity contribution is -0.134. The van der Waals surface area contributed by atoms with Gasteiger partial charge in [-0.05, 0) is 25.2 Å². The van der Waals surface area contributed by atoms with Crippen molar-refractivity contribution in [3.63, 3.8) is 0 Å². The van der Waals surface area contributed by atoms with E-state index >= 15 is 0 Å². The molecule has 7 heteroatoms. The third-order valence-corrected chi connectivity index (χ3v) is 5.28. The van der Waals surface area contributed by atoms with Gasteiger partial charge in [0.2, 0.25) is 5.91 Å². The van der Waals surface area contributed by atoms with Gasteiger partial charge in [0.1, 0.15) is 0 Å². The first-order valence-corrected chi connectivity index (χ1v) is 8.71. The number of anilines is 1. The molecule has 0 radical (unpaired) electrons. The molecule has 23 heavy (non-hydrogen) atoms. The van der Waals surface area contributed by atoms with E-state index in [-0.39, 0.29) is 11.9 Å². The molecule has 5 nitrogen and oxygen atoms in total. The number of halogens is 2. The molecule has 0 unspecified atom stereocenters. The second-order valence-electron chi connectivity index (χ2n) is 6.18. The van der Waals surface area contributed by atoms with E-state index in [9.17, 15) is 4.79 Å². The highest BCUT2D eigenvalue weighted by Gasteiger charge is 2.29. The molecule has 0 bridgehead atoms. The van der Waals surface area contributed by atoms with Crippen LogP contribution in [0.1, 0.15) is 0 Å². The molecule has 1 aromatic carbocycles. The van der Waals surface area contributed by atoms with Crippen LogP contribution in [0.15, 0.2) is 18.2 Å². The van der Waals surface area contributed by atoms with Crippen molar-refractivity contribution < 1.29 is 4.79 Å². The fourth-order valence-electron chi connectivity index (χ4n) is 3.15. The maximum Gasteiger partial charge on any atom is 0.241 e. The van der Waals surface area contributed by atoms with Gasteiger partial charge in [0, 0.05) is 51.5 Å². The number of likely N-dealkylation sites (N-methyl/N-ethyl adjacent to an activating group) is 1. The van der Waals surface area contributed by atoms with Crippen LogP contribution in [0.25, 0.3) is 0 Å². The van der Waals surface area contributed by atoms with Gasteiger partial charge in [0.05, 0.1) is 16.1 Å². The normalized spacial score (nSPS) is 23.2. The van der Waals surface area contributed by atoms with Gasteiger partial charge >= 0.3 is 0 Å². The minimum atomic E-state index is -0.0784. The molecule has 0 saturated carbocycles. The summed E-state index contributed by atoms with van der Waals surface area (Å²) in [4.78, 5) is 19.0. The molecule has 1 atom stereocenters. The van der Waals surface area contributed by atoms with Gasteiger partial charge in [-0.15, -0.1) is 0 Å². The average Bonchev–Trinajstić information content (AvgIpc) is 2.57. The summed E-state index contributed by atoms with van der Waals surface area (Å²) in [5.41, 5.74) is 1.06. The topological polar surface area (TPSA) is 38.8 Å². The summed E-state index contributed by atoms with van der Waals surface area (Å²) in [7, 11) is 2.06. The van der Waals surface area contributed by atoms with Crippen molar-refractivity contribution in [2.45, 2.75) is 6.04 Å². The number of piperazine rings is 2. The quantitative estimate of drug-likeness (QED) is 0.872. The number of carbonyl (C=O) groups excluding carboxylic acids is 1. The number of hydrogen-bond acceptors (Lipinski definition) is 4. The van der Waals surface area contributed by atoms with Gasteiger partial charge in [-0.25, -0.2) is 0 Å². The second-order valence-corrected chi connectivity index (χ2v) is 6.99. The van der Waals surface area contributed by atoms with Crippen LogP contribution in [-0.2, 0) is 4.79 Å². The van der Waals surface area contributed by atoms with Crippen molar-refractivity contribution in [3.05, 3.63) is 28.2 Å². The Hall–Kier alpha value is -1.01. The predicted molar refractivity (Wildman–Crippen MR) is 94.5 cm³/mol. The van der Waals surface area contributed by atoms with E-state index in [1.807, 2.05) is 23.1 Å². The smallest absolute Gasteiger partial charge is 0.241 e. The Morgan fingerprint density at radius 2 is 1.87 bits per heavy atom. The Balaban J connectivity index is 1.57. The highest BCUT2D eigenvalue weighted by atomic mass is 35.5. The van der Waals surface area contributed by atoms with E-state index in [0.29, 0.717) is 10.0 Å². The summed E-state index contributed by atoms with van der Waals surface area (Å²) >= 11 is 12.1.